The van der Waals surface area contributed by atoms with Crippen molar-refractivity contribution in [1.82, 2.24) is 9.88 Å². The Balaban J connectivity index is 2.74. The largest absolute Gasteiger partial charge is 0.417 e. The molecular weight excluding hydrogens is 257 g/mol. The van der Waals surface area contributed by atoms with Crippen molar-refractivity contribution in [3.05, 3.63) is 34.2 Å². The lowest BCUT2D eigenvalue weighted by Crippen LogP contribution is -2.29. The second kappa shape index (κ2) is 6.75. The first-order valence-corrected chi connectivity index (χ1v) is 6.33. The molecule has 0 saturated carbocycles. The molecule has 0 saturated heterocycles. The Labute approximate surface area is 110 Å². The average Bonchev–Trinajstić information content (AvgIpc) is 2.31. The van der Waals surface area contributed by atoms with Gasteiger partial charge in [-0.3, -0.25) is 4.79 Å². The molecule has 1 aromatic rings. The van der Waals surface area contributed by atoms with Crippen LogP contribution in [0.2, 0.25) is 0 Å². The maximum atomic E-state index is 12.6. The number of hydrogen-bond donors (Lipinski definition) is 1. The van der Waals surface area contributed by atoms with Gasteiger partial charge in [0.2, 0.25) is 0 Å². The van der Waals surface area contributed by atoms with Crippen LogP contribution in [0.5, 0.6) is 0 Å². The van der Waals surface area contributed by atoms with Crippen LogP contribution in [0, 0.1) is 5.92 Å². The van der Waals surface area contributed by atoms with E-state index in [9.17, 15) is 18.0 Å². The first-order chi connectivity index (χ1) is 8.84. The van der Waals surface area contributed by atoms with Crippen molar-refractivity contribution in [2.24, 2.45) is 5.92 Å². The molecule has 6 heteroatoms. The molecule has 0 aromatic carbocycles. The Morgan fingerprint density at radius 2 is 2.05 bits per heavy atom. The Bertz CT molecular complexity index is 454. The van der Waals surface area contributed by atoms with Gasteiger partial charge in [0, 0.05) is 18.8 Å². The van der Waals surface area contributed by atoms with Gasteiger partial charge in [0.25, 0.3) is 5.56 Å². The highest BCUT2D eigenvalue weighted by atomic mass is 19.4. The molecule has 108 valence electrons. The molecule has 0 fully saturated rings. The van der Waals surface area contributed by atoms with Crippen molar-refractivity contribution < 1.29 is 13.2 Å². The number of nitrogens with one attached hydrogen (secondary N) is 1. The van der Waals surface area contributed by atoms with E-state index in [4.69, 9.17) is 0 Å². The third-order valence-corrected chi connectivity index (χ3v) is 2.74. The fourth-order valence-electron chi connectivity index (χ4n) is 1.77. The van der Waals surface area contributed by atoms with Crippen LogP contribution in [-0.2, 0) is 12.7 Å². The molecule has 19 heavy (non-hydrogen) atoms. The number of rotatable bonds is 6. The van der Waals surface area contributed by atoms with Crippen molar-refractivity contribution >= 4 is 0 Å². The minimum atomic E-state index is -4.42. The lowest BCUT2D eigenvalue weighted by Gasteiger charge is -2.15. The molecule has 1 N–H and O–H groups in total. The predicted octanol–water partition coefficient (Wildman–Crippen LogP) is 2.50. The normalized spacial score (nSPS) is 13.5. The van der Waals surface area contributed by atoms with Gasteiger partial charge >= 0.3 is 6.18 Å². The van der Waals surface area contributed by atoms with Crippen LogP contribution < -0.4 is 10.9 Å². The summed E-state index contributed by atoms with van der Waals surface area (Å²) in [6, 6.07) is 1.79. The highest BCUT2D eigenvalue weighted by Gasteiger charge is 2.31. The first kappa shape index (κ1) is 15.8. The maximum absolute atomic E-state index is 12.6. The summed E-state index contributed by atoms with van der Waals surface area (Å²) in [4.78, 5) is 11.5. The summed E-state index contributed by atoms with van der Waals surface area (Å²) >= 11 is 0. The summed E-state index contributed by atoms with van der Waals surface area (Å²) in [7, 11) is 0. The van der Waals surface area contributed by atoms with E-state index in [1.165, 1.54) is 0 Å². The van der Waals surface area contributed by atoms with Gasteiger partial charge in [-0.2, -0.15) is 13.2 Å². The van der Waals surface area contributed by atoms with Gasteiger partial charge in [0.05, 0.1) is 5.56 Å². The van der Waals surface area contributed by atoms with Gasteiger partial charge in [0.15, 0.2) is 0 Å². The summed E-state index contributed by atoms with van der Waals surface area (Å²) in [5, 5.41) is 3.18. The third kappa shape index (κ3) is 5.06. The lowest BCUT2D eigenvalue weighted by atomic mass is 10.1. The average molecular weight is 276 g/mol. The lowest BCUT2D eigenvalue weighted by molar-refractivity contribution is -0.138. The minimum Gasteiger partial charge on any atom is -0.316 e. The highest BCUT2D eigenvalue weighted by Crippen LogP contribution is 2.28. The highest BCUT2D eigenvalue weighted by molar-refractivity contribution is 5.13. The van der Waals surface area contributed by atoms with Gasteiger partial charge in [0.1, 0.15) is 0 Å². The fourth-order valence-corrected chi connectivity index (χ4v) is 1.77. The molecule has 1 atom stereocenters. The monoisotopic (exact) mass is 276 g/mol. The number of alkyl halides is 3. The second-order valence-electron chi connectivity index (χ2n) is 4.72. The van der Waals surface area contributed by atoms with Gasteiger partial charge < -0.3 is 9.88 Å². The quantitative estimate of drug-likeness (QED) is 0.810. The third-order valence-electron chi connectivity index (χ3n) is 2.74. The number of halogens is 3. The molecule has 0 aliphatic rings. The van der Waals surface area contributed by atoms with Crippen LogP contribution in [0.1, 0.15) is 25.8 Å². The van der Waals surface area contributed by atoms with E-state index in [1.54, 1.807) is 0 Å². The van der Waals surface area contributed by atoms with Crippen LogP contribution >= 0.6 is 0 Å². The van der Waals surface area contributed by atoms with E-state index in [0.29, 0.717) is 6.54 Å². The summed E-state index contributed by atoms with van der Waals surface area (Å²) in [6.45, 7) is 5.75. The summed E-state index contributed by atoms with van der Waals surface area (Å²) in [6.07, 6.45) is -2.53. The second-order valence-corrected chi connectivity index (χ2v) is 4.72. The van der Waals surface area contributed by atoms with Crippen molar-refractivity contribution in [2.75, 3.05) is 13.1 Å². The minimum absolute atomic E-state index is 0.0905. The fraction of sp³-hybridized carbons (Fsp3) is 0.615. The molecule has 1 rings (SSSR count). The van der Waals surface area contributed by atoms with Crippen molar-refractivity contribution in [3.63, 3.8) is 0 Å². The first-order valence-electron chi connectivity index (χ1n) is 6.33. The molecule has 1 aromatic heterocycles. The van der Waals surface area contributed by atoms with E-state index in [1.807, 2.05) is 13.8 Å². The van der Waals surface area contributed by atoms with Crippen LogP contribution in [-0.4, -0.2) is 17.7 Å². The molecule has 0 aliphatic heterocycles. The standard InChI is InChI=1S/C13H19F3N2O/c1-3-6-17-7-10(2)8-18-9-11(13(14,15)16)4-5-12(18)19/h4-5,9-10,17H,3,6-8H2,1-2H3. The van der Waals surface area contributed by atoms with E-state index < -0.39 is 17.3 Å². The summed E-state index contributed by atoms with van der Waals surface area (Å²) in [5.74, 6) is 0.0905. The van der Waals surface area contributed by atoms with Gasteiger partial charge in [-0.05, 0) is 31.5 Å². The van der Waals surface area contributed by atoms with E-state index in [2.05, 4.69) is 5.32 Å². The van der Waals surface area contributed by atoms with Gasteiger partial charge in [-0.1, -0.05) is 13.8 Å². The molecule has 0 spiro atoms. The zero-order valence-electron chi connectivity index (χ0n) is 11.1. The zero-order valence-corrected chi connectivity index (χ0v) is 11.1. The molecule has 1 unspecified atom stereocenters. The molecule has 3 nitrogen and oxygen atoms in total. The maximum Gasteiger partial charge on any atom is 0.417 e. The SMILES string of the molecule is CCCNCC(C)Cn1cc(C(F)(F)F)ccc1=O. The zero-order chi connectivity index (χ0) is 14.5. The molecule has 0 aliphatic carbocycles. The Hall–Kier alpha value is -1.30. The number of nitrogens with zero attached hydrogens (tertiary/aromatic N) is 1. The van der Waals surface area contributed by atoms with Crippen LogP contribution in [0.15, 0.2) is 23.1 Å². The number of hydrogen-bond acceptors (Lipinski definition) is 2. The smallest absolute Gasteiger partial charge is 0.316 e. The van der Waals surface area contributed by atoms with Gasteiger partial charge in [-0.25, -0.2) is 0 Å². The molecule has 0 amide bonds. The van der Waals surface area contributed by atoms with Crippen LogP contribution in [0.4, 0.5) is 13.2 Å². The Kier molecular flexibility index (Phi) is 5.60. The van der Waals surface area contributed by atoms with E-state index >= 15 is 0 Å². The Morgan fingerprint density at radius 1 is 1.37 bits per heavy atom. The van der Waals surface area contributed by atoms with E-state index in [-0.39, 0.29) is 12.5 Å². The number of aromatic nitrogens is 1. The van der Waals surface area contributed by atoms with Gasteiger partial charge in [-0.15, -0.1) is 0 Å². The predicted molar refractivity (Wildman–Crippen MR) is 68.0 cm³/mol. The van der Waals surface area contributed by atoms with Crippen molar-refractivity contribution in [3.8, 4) is 0 Å². The van der Waals surface area contributed by atoms with E-state index in [0.717, 1.165) is 35.9 Å². The van der Waals surface area contributed by atoms with Crippen molar-refractivity contribution in [2.45, 2.75) is 33.0 Å². The van der Waals surface area contributed by atoms with Crippen LogP contribution in [0.3, 0.4) is 0 Å². The van der Waals surface area contributed by atoms with Crippen molar-refractivity contribution in [1.29, 1.82) is 0 Å². The van der Waals surface area contributed by atoms with Crippen LogP contribution in [0.25, 0.3) is 0 Å². The molecule has 0 radical (unpaired) electrons. The molecule has 1 heterocycles. The Morgan fingerprint density at radius 3 is 2.63 bits per heavy atom. The molecule has 0 bridgehead atoms. The topological polar surface area (TPSA) is 34.0 Å². The molecular formula is C13H19F3N2O. The number of pyridine rings is 1. The summed E-state index contributed by atoms with van der Waals surface area (Å²) in [5.41, 5.74) is -1.20. The summed E-state index contributed by atoms with van der Waals surface area (Å²) < 4.78 is 38.8.